The summed E-state index contributed by atoms with van der Waals surface area (Å²) in [5.41, 5.74) is 6.11. The molecule has 0 aliphatic carbocycles. The average molecular weight is 292 g/mol. The lowest BCUT2D eigenvalue weighted by Gasteiger charge is -2.32. The molecule has 5 nitrogen and oxygen atoms in total. The first kappa shape index (κ1) is 15.8. The van der Waals surface area contributed by atoms with Crippen LogP contribution in [-0.2, 0) is 4.79 Å². The number of likely N-dealkylation sites (tertiary alicyclic amines) is 1. The molecule has 1 heterocycles. The highest BCUT2D eigenvalue weighted by molar-refractivity contribution is 5.73. The number of carbonyl (C=O) groups excluding carboxylic acids is 1. The highest BCUT2D eigenvalue weighted by Crippen LogP contribution is 2.24. The van der Waals surface area contributed by atoms with Gasteiger partial charge in [0.2, 0.25) is 5.91 Å². The molecule has 116 valence electrons. The summed E-state index contributed by atoms with van der Waals surface area (Å²) < 4.78 is 5.18. The normalized spacial score (nSPS) is 18.4. The summed E-state index contributed by atoms with van der Waals surface area (Å²) in [6.45, 7) is 2.41. The molecule has 21 heavy (non-hydrogen) atoms. The first-order valence-corrected chi connectivity index (χ1v) is 7.41. The van der Waals surface area contributed by atoms with Crippen molar-refractivity contribution in [3.05, 3.63) is 29.8 Å². The van der Waals surface area contributed by atoms with Gasteiger partial charge in [-0.05, 0) is 49.5 Å². The molecule has 1 saturated heterocycles. The van der Waals surface area contributed by atoms with E-state index in [0.717, 1.165) is 37.2 Å². The average Bonchev–Trinajstić information content (AvgIpc) is 2.49. The molecule has 1 aliphatic rings. The Morgan fingerprint density at radius 1 is 1.48 bits per heavy atom. The van der Waals surface area contributed by atoms with E-state index in [-0.39, 0.29) is 5.91 Å². The zero-order chi connectivity index (χ0) is 15.2. The number of benzene rings is 1. The van der Waals surface area contributed by atoms with Crippen molar-refractivity contribution < 1.29 is 14.6 Å². The molecule has 1 amide bonds. The summed E-state index contributed by atoms with van der Waals surface area (Å²) in [4.78, 5) is 13.2. The van der Waals surface area contributed by atoms with Crippen LogP contribution < -0.4 is 10.5 Å². The summed E-state index contributed by atoms with van der Waals surface area (Å²) in [6, 6.07) is 7.53. The van der Waals surface area contributed by atoms with Crippen LogP contribution in [0.15, 0.2) is 24.3 Å². The Morgan fingerprint density at radius 3 is 2.81 bits per heavy atom. The molecule has 2 rings (SSSR count). The first-order chi connectivity index (χ1) is 10.1. The third-order valence-corrected chi connectivity index (χ3v) is 4.11. The molecule has 1 atom stereocenters. The Labute approximate surface area is 125 Å². The molecule has 1 unspecified atom stereocenters. The molecule has 5 heteroatoms. The van der Waals surface area contributed by atoms with Crippen molar-refractivity contribution in [3.8, 4) is 5.75 Å². The number of β-amino-alcohol motifs (C(OH)–C–C–N with tert-alkyl or cyclic N) is 1. The van der Waals surface area contributed by atoms with Gasteiger partial charge in [-0.15, -0.1) is 0 Å². The SMILES string of the molecule is COc1cccc(C(O)CN2CCC(CC(N)=O)CC2)c1. The van der Waals surface area contributed by atoms with Crippen LogP contribution in [0.5, 0.6) is 5.75 Å². The maximum absolute atomic E-state index is 10.9. The van der Waals surface area contributed by atoms with Gasteiger partial charge in [-0.1, -0.05) is 12.1 Å². The summed E-state index contributed by atoms with van der Waals surface area (Å²) in [7, 11) is 1.62. The fourth-order valence-corrected chi connectivity index (χ4v) is 2.86. The molecule has 0 aromatic heterocycles. The molecule has 1 aliphatic heterocycles. The largest absolute Gasteiger partial charge is 0.497 e. The van der Waals surface area contributed by atoms with E-state index in [0.29, 0.717) is 18.9 Å². The fraction of sp³-hybridized carbons (Fsp3) is 0.562. The highest BCUT2D eigenvalue weighted by Gasteiger charge is 2.22. The van der Waals surface area contributed by atoms with Crippen molar-refractivity contribution in [2.75, 3.05) is 26.7 Å². The van der Waals surface area contributed by atoms with Crippen molar-refractivity contribution in [1.29, 1.82) is 0 Å². The molecule has 0 saturated carbocycles. The van der Waals surface area contributed by atoms with Crippen LogP contribution in [-0.4, -0.2) is 42.7 Å². The second kappa shape index (κ2) is 7.43. The van der Waals surface area contributed by atoms with Crippen LogP contribution in [0.4, 0.5) is 0 Å². The lowest BCUT2D eigenvalue weighted by atomic mass is 9.93. The van der Waals surface area contributed by atoms with Crippen LogP contribution in [0.25, 0.3) is 0 Å². The minimum Gasteiger partial charge on any atom is -0.497 e. The Morgan fingerprint density at radius 2 is 2.19 bits per heavy atom. The quantitative estimate of drug-likeness (QED) is 0.829. The van der Waals surface area contributed by atoms with Crippen LogP contribution in [0, 0.1) is 5.92 Å². The second-order valence-corrected chi connectivity index (χ2v) is 5.71. The van der Waals surface area contributed by atoms with E-state index in [1.807, 2.05) is 24.3 Å². The van der Waals surface area contributed by atoms with E-state index in [2.05, 4.69) is 4.90 Å². The first-order valence-electron chi connectivity index (χ1n) is 7.41. The van der Waals surface area contributed by atoms with Crippen molar-refractivity contribution in [2.24, 2.45) is 11.7 Å². The fourth-order valence-electron chi connectivity index (χ4n) is 2.86. The van der Waals surface area contributed by atoms with E-state index in [1.165, 1.54) is 0 Å². The third kappa shape index (κ3) is 4.72. The zero-order valence-electron chi connectivity index (χ0n) is 12.5. The molecular formula is C16H24N2O3. The van der Waals surface area contributed by atoms with Crippen LogP contribution in [0.1, 0.15) is 30.9 Å². The number of nitrogens with two attached hydrogens (primary N) is 1. The van der Waals surface area contributed by atoms with Crippen LogP contribution in [0.2, 0.25) is 0 Å². The van der Waals surface area contributed by atoms with Crippen LogP contribution >= 0.6 is 0 Å². The van der Waals surface area contributed by atoms with Gasteiger partial charge in [-0.3, -0.25) is 4.79 Å². The highest BCUT2D eigenvalue weighted by atomic mass is 16.5. The summed E-state index contributed by atoms with van der Waals surface area (Å²) >= 11 is 0. The lowest BCUT2D eigenvalue weighted by molar-refractivity contribution is -0.119. The van der Waals surface area contributed by atoms with Gasteiger partial charge in [0.1, 0.15) is 5.75 Å². The molecule has 3 N–H and O–H groups in total. The van der Waals surface area contributed by atoms with Crippen molar-refractivity contribution in [1.82, 2.24) is 4.90 Å². The molecule has 1 fully saturated rings. The molecule has 0 radical (unpaired) electrons. The third-order valence-electron chi connectivity index (χ3n) is 4.11. The van der Waals surface area contributed by atoms with Gasteiger partial charge < -0.3 is 20.5 Å². The second-order valence-electron chi connectivity index (χ2n) is 5.71. The Bertz CT molecular complexity index is 470. The molecule has 0 bridgehead atoms. The standard InChI is InChI=1S/C16H24N2O3/c1-21-14-4-2-3-13(10-14)15(19)11-18-7-5-12(6-8-18)9-16(17)20/h2-4,10,12,15,19H,5-9,11H2,1H3,(H2,17,20). The number of hydrogen-bond donors (Lipinski definition) is 2. The lowest BCUT2D eigenvalue weighted by Crippen LogP contribution is -2.37. The number of nitrogens with zero attached hydrogens (tertiary/aromatic N) is 1. The number of aliphatic hydroxyl groups is 1. The van der Waals surface area contributed by atoms with E-state index >= 15 is 0 Å². The van der Waals surface area contributed by atoms with Gasteiger partial charge in [0.25, 0.3) is 0 Å². The van der Waals surface area contributed by atoms with Crippen molar-refractivity contribution in [2.45, 2.75) is 25.4 Å². The zero-order valence-corrected chi connectivity index (χ0v) is 12.5. The summed E-state index contributed by atoms with van der Waals surface area (Å²) in [5.74, 6) is 0.935. The maximum Gasteiger partial charge on any atom is 0.217 e. The number of rotatable bonds is 6. The molecule has 1 aromatic rings. The number of methoxy groups -OCH3 is 1. The van der Waals surface area contributed by atoms with Crippen molar-refractivity contribution in [3.63, 3.8) is 0 Å². The van der Waals surface area contributed by atoms with E-state index in [9.17, 15) is 9.90 Å². The minimum absolute atomic E-state index is 0.218. The number of aliphatic hydroxyl groups excluding tert-OH is 1. The molecule has 0 spiro atoms. The smallest absolute Gasteiger partial charge is 0.217 e. The van der Waals surface area contributed by atoms with E-state index in [4.69, 9.17) is 10.5 Å². The summed E-state index contributed by atoms with van der Waals surface area (Å²) in [6.07, 6.45) is 1.89. The van der Waals surface area contributed by atoms with E-state index in [1.54, 1.807) is 7.11 Å². The van der Waals surface area contributed by atoms with E-state index < -0.39 is 6.10 Å². The number of ether oxygens (including phenoxy) is 1. The number of hydrogen-bond acceptors (Lipinski definition) is 4. The number of amides is 1. The summed E-state index contributed by atoms with van der Waals surface area (Å²) in [5, 5.41) is 10.3. The van der Waals surface area contributed by atoms with Gasteiger partial charge >= 0.3 is 0 Å². The number of primary amides is 1. The monoisotopic (exact) mass is 292 g/mol. The number of carbonyl (C=O) groups is 1. The predicted octanol–water partition coefficient (Wildman–Crippen LogP) is 1.32. The van der Waals surface area contributed by atoms with Crippen LogP contribution in [0.3, 0.4) is 0 Å². The Hall–Kier alpha value is -1.59. The Balaban J connectivity index is 1.83. The predicted molar refractivity (Wildman–Crippen MR) is 80.9 cm³/mol. The van der Waals surface area contributed by atoms with Gasteiger partial charge in [-0.2, -0.15) is 0 Å². The van der Waals surface area contributed by atoms with Gasteiger partial charge in [0.05, 0.1) is 13.2 Å². The van der Waals surface area contributed by atoms with Gasteiger partial charge in [-0.25, -0.2) is 0 Å². The molecule has 1 aromatic carbocycles. The van der Waals surface area contributed by atoms with Crippen molar-refractivity contribution >= 4 is 5.91 Å². The Kier molecular flexibility index (Phi) is 5.59. The topological polar surface area (TPSA) is 75.8 Å². The number of piperidine rings is 1. The van der Waals surface area contributed by atoms with Gasteiger partial charge in [0, 0.05) is 13.0 Å². The van der Waals surface area contributed by atoms with Gasteiger partial charge in [0.15, 0.2) is 0 Å². The minimum atomic E-state index is -0.521. The molecular weight excluding hydrogens is 268 g/mol. The maximum atomic E-state index is 10.9.